The average molecular weight is 342 g/mol. The van der Waals surface area contributed by atoms with Crippen LogP contribution in [0.25, 0.3) is 0 Å². The van der Waals surface area contributed by atoms with E-state index >= 15 is 0 Å². The summed E-state index contributed by atoms with van der Waals surface area (Å²) < 4.78 is 0. The fourth-order valence-electron chi connectivity index (χ4n) is 1.80. The summed E-state index contributed by atoms with van der Waals surface area (Å²) in [6.45, 7) is 2.10. The van der Waals surface area contributed by atoms with Gasteiger partial charge in [0.15, 0.2) is 5.78 Å². The standard InChI is InChI=1S/C22H30O3/c1-2-3-4-5-12-15-18-21(23)19-16-13-10-8-6-7-9-11-14-17-20-22(24)25/h3-4,6-7,10-16,19H,2,5,8-9,17-18,20H2,1H3,(H,24,25)/b4-3-,7-6-,13-10-,14-11-,15-12-,19-16+. The van der Waals surface area contributed by atoms with Crippen molar-refractivity contribution in [3.05, 3.63) is 72.9 Å². The first-order valence-corrected chi connectivity index (χ1v) is 8.84. The number of aliphatic carboxylic acids is 1. The number of carbonyl (C=O) groups is 2. The van der Waals surface area contributed by atoms with Gasteiger partial charge >= 0.3 is 5.97 Å². The molecule has 0 spiro atoms. The zero-order valence-corrected chi connectivity index (χ0v) is 15.1. The first-order chi connectivity index (χ1) is 12.2. The molecule has 0 aliphatic heterocycles. The van der Waals surface area contributed by atoms with E-state index in [0.29, 0.717) is 12.8 Å². The Kier molecular flexibility index (Phi) is 16.2. The first kappa shape index (κ1) is 22.6. The second-order valence-corrected chi connectivity index (χ2v) is 5.39. The van der Waals surface area contributed by atoms with Crippen LogP contribution in [0.5, 0.6) is 0 Å². The molecule has 0 aliphatic rings. The van der Waals surface area contributed by atoms with Gasteiger partial charge in [-0.25, -0.2) is 0 Å². The second-order valence-electron chi connectivity index (χ2n) is 5.39. The summed E-state index contributed by atoms with van der Waals surface area (Å²) in [4.78, 5) is 21.9. The highest BCUT2D eigenvalue weighted by Crippen LogP contribution is 1.96. The van der Waals surface area contributed by atoms with Crippen molar-refractivity contribution in [3.8, 4) is 0 Å². The van der Waals surface area contributed by atoms with Crippen molar-refractivity contribution in [2.24, 2.45) is 0 Å². The fraction of sp³-hybridized carbons (Fsp3) is 0.364. The molecule has 0 aromatic carbocycles. The Morgan fingerprint density at radius 1 is 0.760 bits per heavy atom. The quantitative estimate of drug-likeness (QED) is 0.249. The molecule has 0 unspecified atom stereocenters. The number of hydrogen-bond donors (Lipinski definition) is 1. The predicted molar refractivity (Wildman–Crippen MR) is 105 cm³/mol. The van der Waals surface area contributed by atoms with Crippen LogP contribution in [-0.4, -0.2) is 16.9 Å². The molecule has 3 heteroatoms. The normalized spacial score (nSPS) is 12.8. The minimum atomic E-state index is -0.767. The Morgan fingerprint density at radius 2 is 1.36 bits per heavy atom. The molecular weight excluding hydrogens is 312 g/mol. The van der Waals surface area contributed by atoms with Crippen molar-refractivity contribution in [1.29, 1.82) is 0 Å². The van der Waals surface area contributed by atoms with Gasteiger partial charge in [0.1, 0.15) is 0 Å². The molecule has 0 aromatic rings. The van der Waals surface area contributed by atoms with Gasteiger partial charge in [-0.1, -0.05) is 73.8 Å². The average Bonchev–Trinajstić information content (AvgIpc) is 2.58. The summed E-state index contributed by atoms with van der Waals surface area (Å²) >= 11 is 0. The van der Waals surface area contributed by atoms with E-state index in [-0.39, 0.29) is 12.2 Å². The lowest BCUT2D eigenvalue weighted by Crippen LogP contribution is -1.91. The van der Waals surface area contributed by atoms with Crippen LogP contribution in [0.4, 0.5) is 0 Å². The molecule has 3 nitrogen and oxygen atoms in total. The molecule has 136 valence electrons. The number of ketones is 1. The maximum absolute atomic E-state index is 11.6. The molecule has 0 fully saturated rings. The van der Waals surface area contributed by atoms with Crippen LogP contribution in [0, 0.1) is 0 Å². The Bertz CT molecular complexity index is 531. The highest BCUT2D eigenvalue weighted by Gasteiger charge is 1.91. The van der Waals surface area contributed by atoms with Gasteiger partial charge in [-0.05, 0) is 38.2 Å². The molecule has 0 atom stereocenters. The zero-order chi connectivity index (χ0) is 18.6. The van der Waals surface area contributed by atoms with Crippen LogP contribution in [-0.2, 0) is 9.59 Å². The number of carboxylic acid groups (broad SMARTS) is 1. The van der Waals surface area contributed by atoms with Gasteiger partial charge in [0.05, 0.1) is 0 Å². The van der Waals surface area contributed by atoms with Gasteiger partial charge in [0.2, 0.25) is 0 Å². The maximum atomic E-state index is 11.6. The van der Waals surface area contributed by atoms with Crippen LogP contribution in [0.1, 0.15) is 51.9 Å². The molecule has 0 aromatic heterocycles. The van der Waals surface area contributed by atoms with Crippen LogP contribution in [0.15, 0.2) is 72.9 Å². The summed E-state index contributed by atoms with van der Waals surface area (Å²) in [7, 11) is 0. The highest BCUT2D eigenvalue weighted by atomic mass is 16.4. The van der Waals surface area contributed by atoms with Gasteiger partial charge in [0.25, 0.3) is 0 Å². The van der Waals surface area contributed by atoms with Crippen molar-refractivity contribution < 1.29 is 14.7 Å². The molecule has 0 heterocycles. The van der Waals surface area contributed by atoms with Crippen molar-refractivity contribution >= 4 is 11.8 Å². The van der Waals surface area contributed by atoms with Crippen molar-refractivity contribution in [3.63, 3.8) is 0 Å². The third-order valence-corrected chi connectivity index (χ3v) is 3.09. The van der Waals surface area contributed by atoms with E-state index in [1.807, 2.05) is 48.6 Å². The summed E-state index contributed by atoms with van der Waals surface area (Å²) in [6, 6.07) is 0. The smallest absolute Gasteiger partial charge is 0.303 e. The minimum absolute atomic E-state index is 0.0995. The summed E-state index contributed by atoms with van der Waals surface area (Å²) in [5.41, 5.74) is 0. The Balaban J connectivity index is 3.73. The molecule has 25 heavy (non-hydrogen) atoms. The third-order valence-electron chi connectivity index (χ3n) is 3.09. The number of allylic oxidation sites excluding steroid dienone is 12. The van der Waals surface area contributed by atoms with Gasteiger partial charge in [-0.3, -0.25) is 9.59 Å². The van der Waals surface area contributed by atoms with Crippen molar-refractivity contribution in [1.82, 2.24) is 0 Å². The molecule has 0 bridgehead atoms. The number of carboxylic acids is 1. The van der Waals surface area contributed by atoms with Gasteiger partial charge in [0, 0.05) is 12.8 Å². The van der Waals surface area contributed by atoms with Crippen molar-refractivity contribution in [2.75, 3.05) is 0 Å². The Labute approximate surface area is 151 Å². The summed E-state index contributed by atoms with van der Waals surface area (Å²) in [5.74, 6) is -0.667. The lowest BCUT2D eigenvalue weighted by atomic mass is 10.2. The first-order valence-electron chi connectivity index (χ1n) is 8.84. The van der Waals surface area contributed by atoms with E-state index in [9.17, 15) is 9.59 Å². The minimum Gasteiger partial charge on any atom is -0.481 e. The van der Waals surface area contributed by atoms with E-state index in [4.69, 9.17) is 5.11 Å². The fourth-order valence-corrected chi connectivity index (χ4v) is 1.80. The van der Waals surface area contributed by atoms with Crippen LogP contribution >= 0.6 is 0 Å². The van der Waals surface area contributed by atoms with E-state index < -0.39 is 5.97 Å². The monoisotopic (exact) mass is 342 g/mol. The molecule has 1 N–H and O–H groups in total. The molecule has 0 rings (SSSR count). The molecule has 0 saturated carbocycles. The van der Waals surface area contributed by atoms with Crippen LogP contribution < -0.4 is 0 Å². The molecular formula is C22H30O3. The summed E-state index contributed by atoms with van der Waals surface area (Å²) in [5, 5.41) is 8.49. The largest absolute Gasteiger partial charge is 0.481 e. The maximum Gasteiger partial charge on any atom is 0.303 e. The van der Waals surface area contributed by atoms with Crippen LogP contribution in [0.3, 0.4) is 0 Å². The number of hydrogen-bond acceptors (Lipinski definition) is 2. The van der Waals surface area contributed by atoms with Gasteiger partial charge < -0.3 is 5.11 Å². The lowest BCUT2D eigenvalue weighted by Gasteiger charge is -1.87. The lowest BCUT2D eigenvalue weighted by molar-refractivity contribution is -0.136. The number of rotatable bonds is 14. The van der Waals surface area contributed by atoms with Gasteiger partial charge in [-0.15, -0.1) is 0 Å². The topological polar surface area (TPSA) is 54.4 Å². The van der Waals surface area contributed by atoms with E-state index in [2.05, 4.69) is 19.1 Å². The highest BCUT2D eigenvalue weighted by molar-refractivity contribution is 5.90. The summed E-state index contributed by atoms with van der Waals surface area (Å²) in [6.07, 6.45) is 28.0. The molecule has 0 amide bonds. The van der Waals surface area contributed by atoms with Crippen molar-refractivity contribution in [2.45, 2.75) is 51.9 Å². The SMILES string of the molecule is CC/C=C\C/C=C\CC(=O)/C=C/C=C\C/C=C\C/C=C\CCC(=O)O. The predicted octanol–water partition coefficient (Wildman–Crippen LogP) is 5.73. The Morgan fingerprint density at radius 3 is 2.04 bits per heavy atom. The van der Waals surface area contributed by atoms with Gasteiger partial charge in [-0.2, -0.15) is 0 Å². The molecule has 0 saturated heterocycles. The van der Waals surface area contributed by atoms with E-state index in [0.717, 1.165) is 25.7 Å². The van der Waals surface area contributed by atoms with E-state index in [1.165, 1.54) is 0 Å². The second kappa shape index (κ2) is 17.9. The Hall–Kier alpha value is -2.42. The molecule has 0 aliphatic carbocycles. The third kappa shape index (κ3) is 19.5. The number of carbonyl (C=O) groups excluding carboxylic acids is 1. The van der Waals surface area contributed by atoms with Crippen LogP contribution in [0.2, 0.25) is 0 Å². The van der Waals surface area contributed by atoms with E-state index in [1.54, 1.807) is 12.2 Å². The molecule has 0 radical (unpaired) electrons. The zero-order valence-electron chi connectivity index (χ0n) is 15.1.